The van der Waals surface area contributed by atoms with Crippen LogP contribution in [0, 0.1) is 12.3 Å². The average molecular weight is 403 g/mol. The van der Waals surface area contributed by atoms with Gasteiger partial charge in [-0.05, 0) is 44.0 Å². The van der Waals surface area contributed by atoms with E-state index < -0.39 is 5.41 Å². The largest absolute Gasteiger partial charge is 0.460 e. The van der Waals surface area contributed by atoms with E-state index in [2.05, 4.69) is 9.55 Å². The summed E-state index contributed by atoms with van der Waals surface area (Å²) in [5.74, 6) is -0.0722. The normalized spacial score (nSPS) is 20.6. The molecule has 1 amide bonds. The van der Waals surface area contributed by atoms with Crippen molar-refractivity contribution in [2.45, 2.75) is 38.8 Å². The molecule has 3 heterocycles. The maximum atomic E-state index is 12.8. The molecule has 2 aliphatic rings. The minimum atomic E-state index is -0.467. The highest BCUT2D eigenvalue weighted by Gasteiger charge is 2.50. The number of hydrogen-bond donors (Lipinski definition) is 0. The molecule has 1 spiro atoms. The standard InChI is InChI=1S/C24H25N3O3/c1-17-6-8-18(9-7-17)22(28)26-12-10-24(11-13-26)14-19(30-23(24)29)15-27-16-25-20-4-2-3-5-21(20)27/h2-9,16,19H,10-15H2,1H3. The zero-order valence-electron chi connectivity index (χ0n) is 17.1. The Labute approximate surface area is 175 Å². The molecule has 30 heavy (non-hydrogen) atoms. The molecule has 1 unspecified atom stereocenters. The lowest BCUT2D eigenvalue weighted by atomic mass is 9.76. The van der Waals surface area contributed by atoms with Crippen LogP contribution in [0.2, 0.25) is 0 Å². The maximum absolute atomic E-state index is 12.8. The number of esters is 1. The van der Waals surface area contributed by atoms with Gasteiger partial charge in [0.05, 0.1) is 29.3 Å². The number of piperidine rings is 1. The summed E-state index contributed by atoms with van der Waals surface area (Å²) >= 11 is 0. The van der Waals surface area contributed by atoms with Crippen LogP contribution in [0.5, 0.6) is 0 Å². The summed E-state index contributed by atoms with van der Waals surface area (Å²) in [6, 6.07) is 15.6. The van der Waals surface area contributed by atoms with Crippen molar-refractivity contribution in [1.82, 2.24) is 14.5 Å². The molecule has 0 aliphatic carbocycles. The predicted octanol–water partition coefficient (Wildman–Crippen LogP) is 3.58. The number of carbonyl (C=O) groups is 2. The molecule has 5 rings (SSSR count). The van der Waals surface area contributed by atoms with E-state index in [4.69, 9.17) is 4.74 Å². The predicted molar refractivity (Wildman–Crippen MR) is 113 cm³/mol. The third-order valence-electron chi connectivity index (χ3n) is 6.56. The van der Waals surface area contributed by atoms with Crippen molar-refractivity contribution in [3.63, 3.8) is 0 Å². The maximum Gasteiger partial charge on any atom is 0.312 e. The van der Waals surface area contributed by atoms with E-state index in [1.165, 1.54) is 0 Å². The van der Waals surface area contributed by atoms with E-state index in [1.54, 1.807) is 0 Å². The Morgan fingerprint density at radius 2 is 1.87 bits per heavy atom. The zero-order chi connectivity index (χ0) is 20.7. The summed E-state index contributed by atoms with van der Waals surface area (Å²) in [6.07, 6.45) is 3.67. The quantitative estimate of drug-likeness (QED) is 0.627. The Balaban J connectivity index is 1.25. The highest BCUT2D eigenvalue weighted by Crippen LogP contribution is 2.43. The van der Waals surface area contributed by atoms with Crippen LogP contribution in [0.3, 0.4) is 0 Å². The van der Waals surface area contributed by atoms with Gasteiger partial charge in [-0.2, -0.15) is 0 Å². The Hall–Kier alpha value is -3.15. The number of para-hydroxylation sites is 2. The van der Waals surface area contributed by atoms with Gasteiger partial charge in [0.15, 0.2) is 0 Å². The summed E-state index contributed by atoms with van der Waals surface area (Å²) in [5, 5.41) is 0. The van der Waals surface area contributed by atoms with Crippen LogP contribution in [-0.4, -0.2) is 45.5 Å². The number of likely N-dealkylation sites (tertiary alicyclic amines) is 1. The number of imidazole rings is 1. The summed E-state index contributed by atoms with van der Waals surface area (Å²) < 4.78 is 7.84. The second-order valence-electron chi connectivity index (χ2n) is 8.56. The van der Waals surface area contributed by atoms with E-state index in [-0.39, 0.29) is 18.0 Å². The van der Waals surface area contributed by atoms with Crippen molar-refractivity contribution in [3.8, 4) is 0 Å². The smallest absolute Gasteiger partial charge is 0.312 e. The number of aryl methyl sites for hydroxylation is 1. The van der Waals surface area contributed by atoms with Crippen LogP contribution in [0.4, 0.5) is 0 Å². The summed E-state index contributed by atoms with van der Waals surface area (Å²) in [4.78, 5) is 31.9. The van der Waals surface area contributed by atoms with Gasteiger partial charge in [0.1, 0.15) is 6.10 Å². The molecule has 6 heteroatoms. The molecule has 0 saturated carbocycles. The Bertz CT molecular complexity index is 1090. The van der Waals surface area contributed by atoms with Crippen LogP contribution < -0.4 is 0 Å². The van der Waals surface area contributed by atoms with Crippen LogP contribution in [0.1, 0.15) is 35.2 Å². The van der Waals surface area contributed by atoms with Gasteiger partial charge in [-0.1, -0.05) is 29.8 Å². The highest BCUT2D eigenvalue weighted by molar-refractivity contribution is 5.94. The molecule has 2 aliphatic heterocycles. The van der Waals surface area contributed by atoms with Gasteiger partial charge < -0.3 is 14.2 Å². The lowest BCUT2D eigenvalue weighted by Crippen LogP contribution is -2.45. The van der Waals surface area contributed by atoms with Crippen LogP contribution in [-0.2, 0) is 16.1 Å². The lowest BCUT2D eigenvalue weighted by Gasteiger charge is -2.36. The van der Waals surface area contributed by atoms with Gasteiger partial charge in [-0.15, -0.1) is 0 Å². The molecular formula is C24H25N3O3. The summed E-state index contributed by atoms with van der Waals surface area (Å²) in [6.45, 7) is 3.79. The van der Waals surface area contributed by atoms with Gasteiger partial charge in [0.2, 0.25) is 0 Å². The monoisotopic (exact) mass is 403 g/mol. The number of carbonyl (C=O) groups excluding carboxylic acids is 2. The van der Waals surface area contributed by atoms with E-state index in [9.17, 15) is 9.59 Å². The van der Waals surface area contributed by atoms with Gasteiger partial charge in [-0.25, -0.2) is 4.98 Å². The average Bonchev–Trinajstić information content (AvgIpc) is 3.30. The van der Waals surface area contributed by atoms with Crippen molar-refractivity contribution >= 4 is 22.9 Å². The first-order chi connectivity index (χ1) is 14.5. The third-order valence-corrected chi connectivity index (χ3v) is 6.56. The molecule has 1 atom stereocenters. The van der Waals surface area contributed by atoms with E-state index in [0.29, 0.717) is 44.5 Å². The molecule has 154 valence electrons. The molecule has 0 bridgehead atoms. The van der Waals surface area contributed by atoms with E-state index in [0.717, 1.165) is 16.6 Å². The van der Waals surface area contributed by atoms with Crippen molar-refractivity contribution in [2.75, 3.05) is 13.1 Å². The van der Waals surface area contributed by atoms with Crippen molar-refractivity contribution in [3.05, 3.63) is 66.0 Å². The zero-order valence-corrected chi connectivity index (χ0v) is 17.1. The van der Waals surface area contributed by atoms with Crippen molar-refractivity contribution < 1.29 is 14.3 Å². The van der Waals surface area contributed by atoms with Gasteiger partial charge in [0, 0.05) is 25.1 Å². The van der Waals surface area contributed by atoms with E-state index >= 15 is 0 Å². The number of hydrogen-bond acceptors (Lipinski definition) is 4. The fourth-order valence-corrected chi connectivity index (χ4v) is 4.74. The minimum absolute atomic E-state index is 0.0395. The van der Waals surface area contributed by atoms with Crippen molar-refractivity contribution in [2.24, 2.45) is 5.41 Å². The first-order valence-electron chi connectivity index (χ1n) is 10.5. The van der Waals surface area contributed by atoms with Gasteiger partial charge >= 0.3 is 5.97 Å². The Kier molecular flexibility index (Phi) is 4.57. The molecule has 0 N–H and O–H groups in total. The molecule has 2 saturated heterocycles. The van der Waals surface area contributed by atoms with Gasteiger partial charge in [-0.3, -0.25) is 9.59 Å². The minimum Gasteiger partial charge on any atom is -0.460 e. The molecule has 1 aromatic heterocycles. The van der Waals surface area contributed by atoms with E-state index in [1.807, 2.05) is 66.7 Å². The Morgan fingerprint density at radius 1 is 1.13 bits per heavy atom. The second-order valence-corrected chi connectivity index (χ2v) is 8.56. The summed E-state index contributed by atoms with van der Waals surface area (Å²) in [7, 11) is 0. The number of nitrogens with zero attached hydrogens (tertiary/aromatic N) is 3. The topological polar surface area (TPSA) is 64.4 Å². The molecule has 2 aromatic carbocycles. The summed E-state index contributed by atoms with van der Waals surface area (Å²) in [5.41, 5.74) is 3.36. The molecule has 0 radical (unpaired) electrons. The number of amides is 1. The van der Waals surface area contributed by atoms with Gasteiger partial charge in [0.25, 0.3) is 5.91 Å². The van der Waals surface area contributed by atoms with Crippen LogP contribution in [0.25, 0.3) is 11.0 Å². The first-order valence-corrected chi connectivity index (χ1v) is 10.5. The SMILES string of the molecule is Cc1ccc(C(=O)N2CCC3(CC2)CC(Cn2cnc4ccccc42)OC3=O)cc1. The number of cyclic esters (lactones) is 1. The highest BCUT2D eigenvalue weighted by atomic mass is 16.6. The van der Waals surface area contributed by atoms with Crippen molar-refractivity contribution in [1.29, 1.82) is 0 Å². The number of benzene rings is 2. The number of rotatable bonds is 3. The number of fused-ring (bicyclic) bond motifs is 1. The number of aromatic nitrogens is 2. The molecule has 3 aromatic rings. The fraction of sp³-hybridized carbons (Fsp3) is 0.375. The number of ether oxygens (including phenoxy) is 1. The Morgan fingerprint density at radius 3 is 2.63 bits per heavy atom. The lowest BCUT2D eigenvalue weighted by molar-refractivity contribution is -0.150. The van der Waals surface area contributed by atoms with Crippen LogP contribution in [0.15, 0.2) is 54.9 Å². The second kappa shape index (κ2) is 7.27. The molecule has 6 nitrogen and oxygen atoms in total. The third kappa shape index (κ3) is 3.26. The molecule has 2 fully saturated rings. The molecular weight excluding hydrogens is 378 g/mol. The fourth-order valence-electron chi connectivity index (χ4n) is 4.74. The first kappa shape index (κ1) is 18.9. The van der Waals surface area contributed by atoms with Crippen LogP contribution >= 0.6 is 0 Å².